The predicted molar refractivity (Wildman–Crippen MR) is 34.5 cm³/mol. The standard InChI is InChI=1S/C6HF4OS/c7-2-1-3(11-12)5(9)6(10)4(2)8/h1H. The van der Waals surface area contributed by atoms with Crippen LogP contribution < -0.4 is 4.18 Å². The van der Waals surface area contributed by atoms with E-state index < -0.39 is 29.0 Å². The van der Waals surface area contributed by atoms with E-state index in [1.165, 1.54) is 0 Å². The maximum Gasteiger partial charge on any atom is 0.205 e. The first-order valence-electron chi connectivity index (χ1n) is 2.70. The van der Waals surface area contributed by atoms with Crippen molar-refractivity contribution < 1.29 is 21.7 Å². The van der Waals surface area contributed by atoms with Gasteiger partial charge in [0.25, 0.3) is 0 Å². The molecule has 0 aliphatic rings. The second-order valence-electron chi connectivity index (χ2n) is 1.88. The first-order valence-corrected chi connectivity index (χ1v) is 3.04. The van der Waals surface area contributed by atoms with Gasteiger partial charge >= 0.3 is 0 Å². The number of hydrogen-bond donors (Lipinski definition) is 0. The molecule has 65 valence electrons. The summed E-state index contributed by atoms with van der Waals surface area (Å²) < 4.78 is 53.1. The quantitative estimate of drug-likeness (QED) is 0.382. The topological polar surface area (TPSA) is 9.23 Å². The molecule has 0 unspecified atom stereocenters. The fourth-order valence-corrected chi connectivity index (χ4v) is 0.733. The zero-order valence-corrected chi connectivity index (χ0v) is 6.22. The lowest BCUT2D eigenvalue weighted by Crippen LogP contribution is -1.97. The summed E-state index contributed by atoms with van der Waals surface area (Å²) in [4.78, 5) is 0. The Bertz CT molecular complexity index is 315. The molecule has 1 rings (SSSR count). The van der Waals surface area contributed by atoms with Gasteiger partial charge in [-0.3, -0.25) is 0 Å². The van der Waals surface area contributed by atoms with Crippen molar-refractivity contribution in [1.82, 2.24) is 0 Å². The van der Waals surface area contributed by atoms with Crippen LogP contribution in [0.2, 0.25) is 0 Å². The second kappa shape index (κ2) is 3.22. The first-order chi connectivity index (χ1) is 5.57. The van der Waals surface area contributed by atoms with E-state index in [4.69, 9.17) is 0 Å². The molecule has 0 saturated carbocycles. The van der Waals surface area contributed by atoms with Crippen LogP contribution in [0.3, 0.4) is 0 Å². The molecule has 1 aromatic rings. The van der Waals surface area contributed by atoms with E-state index in [0.717, 1.165) is 0 Å². The van der Waals surface area contributed by atoms with Crippen LogP contribution in [0.4, 0.5) is 17.6 Å². The van der Waals surface area contributed by atoms with Crippen LogP contribution in [-0.2, 0) is 0 Å². The Kier molecular flexibility index (Phi) is 2.46. The molecule has 1 radical (unpaired) electrons. The Morgan fingerprint density at radius 2 is 1.58 bits per heavy atom. The minimum absolute atomic E-state index is 0.334. The summed E-state index contributed by atoms with van der Waals surface area (Å²) >= 11 is 3.87. The molecule has 1 nitrogen and oxygen atoms in total. The zero-order valence-electron chi connectivity index (χ0n) is 5.41. The van der Waals surface area contributed by atoms with Crippen LogP contribution in [-0.4, -0.2) is 0 Å². The molecule has 0 fully saturated rings. The molecule has 12 heavy (non-hydrogen) atoms. The SMILES string of the molecule is Fc1cc(O[S])c(F)c(F)c1F. The fourth-order valence-electron chi connectivity index (χ4n) is 0.612. The lowest BCUT2D eigenvalue weighted by Gasteiger charge is -2.01. The van der Waals surface area contributed by atoms with Gasteiger partial charge in [0.1, 0.15) is 0 Å². The third kappa shape index (κ3) is 1.34. The molecule has 0 spiro atoms. The van der Waals surface area contributed by atoms with Crippen molar-refractivity contribution in [3.63, 3.8) is 0 Å². The van der Waals surface area contributed by atoms with Crippen LogP contribution in [0.25, 0.3) is 0 Å². The van der Waals surface area contributed by atoms with Crippen LogP contribution >= 0.6 is 12.9 Å². The Hall–Kier alpha value is -0.910. The molecule has 0 N–H and O–H groups in total. The molecule has 0 aromatic heterocycles. The summed E-state index contributed by atoms with van der Waals surface area (Å²) in [5.74, 6) is -7.85. The van der Waals surface area contributed by atoms with E-state index >= 15 is 0 Å². The summed E-state index contributed by atoms with van der Waals surface area (Å²) in [6.45, 7) is 0. The molecular weight excluding hydrogens is 196 g/mol. The van der Waals surface area contributed by atoms with Gasteiger partial charge in [-0.1, -0.05) is 0 Å². The van der Waals surface area contributed by atoms with Gasteiger partial charge < -0.3 is 4.18 Å². The maximum absolute atomic E-state index is 12.5. The Balaban J connectivity index is 3.39. The average molecular weight is 197 g/mol. The van der Waals surface area contributed by atoms with E-state index in [1.807, 2.05) is 0 Å². The normalized spacial score (nSPS) is 10.1. The van der Waals surface area contributed by atoms with Crippen molar-refractivity contribution >= 4 is 12.9 Å². The minimum Gasteiger partial charge on any atom is -0.408 e. The van der Waals surface area contributed by atoms with Gasteiger partial charge in [-0.15, -0.1) is 0 Å². The van der Waals surface area contributed by atoms with Gasteiger partial charge in [0.05, 0.1) is 0 Å². The largest absolute Gasteiger partial charge is 0.408 e. The lowest BCUT2D eigenvalue weighted by molar-refractivity contribution is 0.394. The number of rotatable bonds is 1. The molecular formula is C6HF4OS. The highest BCUT2D eigenvalue weighted by molar-refractivity contribution is 7.75. The molecule has 0 aliphatic carbocycles. The average Bonchev–Trinajstić information content (AvgIpc) is 2.08. The molecule has 0 heterocycles. The van der Waals surface area contributed by atoms with Crippen LogP contribution in [0.5, 0.6) is 5.75 Å². The molecule has 0 atom stereocenters. The Labute approximate surface area is 70.6 Å². The highest BCUT2D eigenvalue weighted by Gasteiger charge is 2.19. The zero-order chi connectivity index (χ0) is 9.30. The Morgan fingerprint density at radius 1 is 1.00 bits per heavy atom. The van der Waals surface area contributed by atoms with Crippen molar-refractivity contribution in [2.24, 2.45) is 0 Å². The van der Waals surface area contributed by atoms with Crippen LogP contribution in [0, 0.1) is 23.3 Å². The smallest absolute Gasteiger partial charge is 0.205 e. The van der Waals surface area contributed by atoms with E-state index in [1.54, 1.807) is 0 Å². The molecule has 6 heteroatoms. The van der Waals surface area contributed by atoms with Crippen molar-refractivity contribution in [3.8, 4) is 5.75 Å². The highest BCUT2D eigenvalue weighted by Crippen LogP contribution is 2.24. The van der Waals surface area contributed by atoms with Crippen molar-refractivity contribution in [1.29, 1.82) is 0 Å². The number of benzene rings is 1. The molecule has 0 amide bonds. The summed E-state index contributed by atoms with van der Waals surface area (Å²) in [6, 6.07) is 0.334. The van der Waals surface area contributed by atoms with Gasteiger partial charge in [-0.05, 0) is 0 Å². The van der Waals surface area contributed by atoms with Gasteiger partial charge in [0.2, 0.25) is 11.6 Å². The van der Waals surface area contributed by atoms with E-state index in [0.29, 0.717) is 6.07 Å². The third-order valence-electron chi connectivity index (χ3n) is 1.16. The third-order valence-corrected chi connectivity index (χ3v) is 1.34. The summed E-state index contributed by atoms with van der Waals surface area (Å²) in [5, 5.41) is 0. The van der Waals surface area contributed by atoms with E-state index in [-0.39, 0.29) is 0 Å². The summed E-state index contributed by atoms with van der Waals surface area (Å²) in [7, 11) is 0. The van der Waals surface area contributed by atoms with Crippen LogP contribution in [0.1, 0.15) is 0 Å². The molecule has 0 saturated heterocycles. The van der Waals surface area contributed by atoms with E-state index in [9.17, 15) is 17.6 Å². The monoisotopic (exact) mass is 197 g/mol. The van der Waals surface area contributed by atoms with E-state index in [2.05, 4.69) is 17.1 Å². The van der Waals surface area contributed by atoms with Crippen molar-refractivity contribution in [2.45, 2.75) is 0 Å². The van der Waals surface area contributed by atoms with Gasteiger partial charge in [-0.25, -0.2) is 13.2 Å². The maximum atomic E-state index is 12.5. The molecule has 1 aromatic carbocycles. The highest BCUT2D eigenvalue weighted by atomic mass is 32.1. The van der Waals surface area contributed by atoms with Crippen molar-refractivity contribution in [2.75, 3.05) is 0 Å². The first kappa shape index (κ1) is 9.18. The predicted octanol–water partition coefficient (Wildman–Crippen LogP) is 2.73. The van der Waals surface area contributed by atoms with Crippen LogP contribution in [0.15, 0.2) is 6.07 Å². The van der Waals surface area contributed by atoms with Crippen molar-refractivity contribution in [3.05, 3.63) is 29.3 Å². The van der Waals surface area contributed by atoms with Gasteiger partial charge in [-0.2, -0.15) is 4.39 Å². The number of halogens is 4. The van der Waals surface area contributed by atoms with Gasteiger partial charge in [0, 0.05) is 6.07 Å². The Morgan fingerprint density at radius 3 is 2.08 bits per heavy atom. The minimum atomic E-state index is -1.94. The molecule has 0 bridgehead atoms. The summed E-state index contributed by atoms with van der Waals surface area (Å²) in [6.07, 6.45) is 0. The lowest BCUT2D eigenvalue weighted by atomic mass is 10.3. The second-order valence-corrected chi connectivity index (χ2v) is 2.05. The molecule has 0 aliphatic heterocycles. The fraction of sp³-hybridized carbons (Fsp3) is 0. The van der Waals surface area contributed by atoms with Gasteiger partial charge in [0.15, 0.2) is 30.3 Å². The number of hydrogen-bond acceptors (Lipinski definition) is 1. The summed E-state index contributed by atoms with van der Waals surface area (Å²) in [5.41, 5.74) is 0.